The van der Waals surface area contributed by atoms with Gasteiger partial charge in [0, 0.05) is 46.1 Å². The number of fused-ring (bicyclic) bond motifs is 2. The number of anilines is 1. The quantitative estimate of drug-likeness (QED) is 0.437. The minimum Gasteiger partial charge on any atom is -0.470 e. The summed E-state index contributed by atoms with van der Waals surface area (Å²) in [6.45, 7) is -1.82. The number of nitrogens with one attached hydrogen (secondary N) is 2. The molecule has 1 amide bonds. The lowest BCUT2D eigenvalue weighted by molar-refractivity contribution is -0.121. The van der Waals surface area contributed by atoms with Gasteiger partial charge in [0.25, 0.3) is 6.43 Å². The lowest BCUT2D eigenvalue weighted by Crippen LogP contribution is -2.59. The summed E-state index contributed by atoms with van der Waals surface area (Å²) in [5.74, 6) is -0.883. The third-order valence-electron chi connectivity index (χ3n) is 5.55. The minimum absolute atomic E-state index is 0.0238. The van der Waals surface area contributed by atoms with Crippen LogP contribution >= 0.6 is 0 Å². The number of rotatable bonds is 7. The fraction of sp³-hybridized carbons (Fsp3) is 0.381. The fourth-order valence-electron chi connectivity index (χ4n) is 4.19. The van der Waals surface area contributed by atoms with Crippen molar-refractivity contribution in [1.29, 1.82) is 0 Å². The van der Waals surface area contributed by atoms with Crippen molar-refractivity contribution in [2.45, 2.75) is 44.6 Å². The maximum absolute atomic E-state index is 13.0. The summed E-state index contributed by atoms with van der Waals surface area (Å²) in [7, 11) is 0. The van der Waals surface area contributed by atoms with Crippen LogP contribution in [0.2, 0.25) is 0 Å². The van der Waals surface area contributed by atoms with Gasteiger partial charge in [0.1, 0.15) is 11.8 Å². The van der Waals surface area contributed by atoms with Crippen LogP contribution in [0.1, 0.15) is 30.7 Å². The van der Waals surface area contributed by atoms with Crippen molar-refractivity contribution in [1.82, 2.24) is 34.5 Å². The zero-order chi connectivity index (χ0) is 25.7. The molecular formula is C21H22F2N8O2. The highest BCUT2D eigenvalue weighted by Crippen LogP contribution is 2.35. The Morgan fingerprint density at radius 1 is 1.36 bits per heavy atom. The van der Waals surface area contributed by atoms with E-state index in [1.165, 1.54) is 10.8 Å². The van der Waals surface area contributed by atoms with Crippen LogP contribution in [0.4, 0.5) is 14.7 Å². The number of hydrogen-bond acceptors (Lipinski definition) is 7. The first-order valence-electron chi connectivity index (χ1n) is 11.7. The van der Waals surface area contributed by atoms with E-state index in [1.807, 2.05) is 6.07 Å². The first kappa shape index (κ1) is 17.7. The van der Waals surface area contributed by atoms with E-state index < -0.39 is 31.3 Å². The van der Waals surface area contributed by atoms with Crippen LogP contribution in [0.3, 0.4) is 0 Å². The molecule has 5 rings (SSSR count). The Kier molecular flexibility index (Phi) is 4.26. The SMILES string of the molecule is [2H]C([2H])([2H])C(=O)NC1(C)CC(Nc2nc(OCC(F)F)c3c(-c4ccc5ncnn5c4)ccn3n2)C1. The van der Waals surface area contributed by atoms with Crippen LogP contribution in [0.25, 0.3) is 22.3 Å². The number of amides is 1. The number of alkyl halides is 2. The molecule has 0 saturated heterocycles. The Morgan fingerprint density at radius 2 is 2.21 bits per heavy atom. The van der Waals surface area contributed by atoms with E-state index in [0.717, 1.165) is 5.56 Å². The van der Waals surface area contributed by atoms with Gasteiger partial charge in [-0.3, -0.25) is 4.79 Å². The van der Waals surface area contributed by atoms with E-state index in [-0.39, 0.29) is 17.9 Å². The van der Waals surface area contributed by atoms with Gasteiger partial charge < -0.3 is 15.4 Å². The second kappa shape index (κ2) is 7.94. The number of pyridine rings is 1. The highest BCUT2D eigenvalue weighted by atomic mass is 19.3. The second-order valence-electron chi connectivity index (χ2n) is 8.21. The molecule has 10 nitrogen and oxygen atoms in total. The molecule has 0 spiro atoms. The van der Waals surface area contributed by atoms with Crippen molar-refractivity contribution in [2.75, 3.05) is 11.9 Å². The monoisotopic (exact) mass is 459 g/mol. The van der Waals surface area contributed by atoms with Gasteiger partial charge >= 0.3 is 0 Å². The summed E-state index contributed by atoms with van der Waals surface area (Å²) < 4.78 is 56.1. The number of halogens is 2. The van der Waals surface area contributed by atoms with Gasteiger partial charge in [-0.05, 0) is 38.0 Å². The van der Waals surface area contributed by atoms with Gasteiger partial charge in [-0.2, -0.15) is 10.1 Å². The van der Waals surface area contributed by atoms with Crippen LogP contribution < -0.4 is 15.4 Å². The molecule has 0 radical (unpaired) electrons. The number of hydrogen-bond donors (Lipinski definition) is 2. The van der Waals surface area contributed by atoms with E-state index in [9.17, 15) is 13.6 Å². The van der Waals surface area contributed by atoms with Crippen molar-refractivity contribution in [3.05, 3.63) is 36.9 Å². The molecule has 2 N–H and O–H groups in total. The average molecular weight is 459 g/mol. The van der Waals surface area contributed by atoms with Crippen molar-refractivity contribution >= 4 is 23.0 Å². The molecule has 0 aromatic carbocycles. The third kappa shape index (κ3) is 4.15. The van der Waals surface area contributed by atoms with Gasteiger partial charge in [-0.25, -0.2) is 22.8 Å². The van der Waals surface area contributed by atoms with E-state index >= 15 is 0 Å². The lowest BCUT2D eigenvalue weighted by Gasteiger charge is -2.45. The normalized spacial score (nSPS) is 21.9. The molecule has 1 fully saturated rings. The molecule has 0 unspecified atom stereocenters. The molecule has 12 heteroatoms. The number of carbonyl (C=O) groups is 1. The average Bonchev–Trinajstić information content (AvgIpc) is 3.42. The summed E-state index contributed by atoms with van der Waals surface area (Å²) in [6.07, 6.45) is 3.00. The van der Waals surface area contributed by atoms with Gasteiger partial charge in [0.05, 0.1) is 0 Å². The summed E-state index contributed by atoms with van der Waals surface area (Å²) in [4.78, 5) is 20.3. The Hall–Kier alpha value is -3.83. The summed E-state index contributed by atoms with van der Waals surface area (Å²) in [5, 5.41) is 14.2. The number of nitrogens with zero attached hydrogens (tertiary/aromatic N) is 6. The van der Waals surface area contributed by atoms with Gasteiger partial charge in [0.15, 0.2) is 12.3 Å². The minimum atomic E-state index is -2.73. The van der Waals surface area contributed by atoms with Crippen LogP contribution in [-0.2, 0) is 4.79 Å². The fourth-order valence-corrected chi connectivity index (χ4v) is 4.19. The molecule has 1 aliphatic carbocycles. The highest BCUT2D eigenvalue weighted by Gasteiger charge is 2.41. The maximum atomic E-state index is 13.0. The first-order chi connectivity index (χ1) is 17.0. The first-order valence-corrected chi connectivity index (χ1v) is 10.2. The van der Waals surface area contributed by atoms with Crippen molar-refractivity contribution in [2.24, 2.45) is 0 Å². The van der Waals surface area contributed by atoms with E-state index in [2.05, 4.69) is 30.8 Å². The Balaban J connectivity index is 1.40. The van der Waals surface area contributed by atoms with Gasteiger partial charge in [-0.1, -0.05) is 0 Å². The third-order valence-corrected chi connectivity index (χ3v) is 5.55. The molecule has 172 valence electrons. The van der Waals surface area contributed by atoms with Crippen molar-refractivity contribution < 1.29 is 22.4 Å². The molecule has 0 bridgehead atoms. The smallest absolute Gasteiger partial charge is 0.272 e. The highest BCUT2D eigenvalue weighted by molar-refractivity contribution is 5.84. The molecule has 4 aromatic rings. The number of carbonyl (C=O) groups excluding carboxylic acids is 1. The summed E-state index contributed by atoms with van der Waals surface area (Å²) in [6, 6.07) is 5.20. The Morgan fingerprint density at radius 3 is 3.00 bits per heavy atom. The van der Waals surface area contributed by atoms with E-state index in [1.54, 1.807) is 36.0 Å². The molecule has 1 aliphatic rings. The second-order valence-corrected chi connectivity index (χ2v) is 8.21. The number of ether oxygens (including phenoxy) is 1. The standard InChI is InChI=1S/C21H22F2N8O2/c1-12(32)28-21(2)7-14(8-21)26-20-27-19(33-10-16(22)23)18-15(5-6-30(18)29-20)13-3-4-17-24-11-25-31(17)9-13/h3-6,9,11,14,16H,7-8,10H2,1-2H3,(H,26,29)(H,28,32)/i1D3. The summed E-state index contributed by atoms with van der Waals surface area (Å²) >= 11 is 0. The summed E-state index contributed by atoms with van der Waals surface area (Å²) in [5.41, 5.74) is 1.77. The molecule has 33 heavy (non-hydrogen) atoms. The van der Waals surface area contributed by atoms with Crippen molar-refractivity contribution in [3.8, 4) is 17.0 Å². The molecule has 1 saturated carbocycles. The Labute approximate surface area is 191 Å². The maximum Gasteiger partial charge on any atom is 0.272 e. The zero-order valence-electron chi connectivity index (χ0n) is 20.5. The largest absolute Gasteiger partial charge is 0.470 e. The molecule has 4 heterocycles. The number of aromatic nitrogens is 6. The van der Waals surface area contributed by atoms with Crippen LogP contribution in [0, 0.1) is 0 Å². The topological polar surface area (TPSA) is 111 Å². The molecular weight excluding hydrogens is 434 g/mol. The van der Waals surface area contributed by atoms with Gasteiger partial charge in [-0.15, -0.1) is 5.10 Å². The van der Waals surface area contributed by atoms with E-state index in [4.69, 9.17) is 8.85 Å². The van der Waals surface area contributed by atoms with Crippen LogP contribution in [0.15, 0.2) is 36.9 Å². The molecule has 0 aliphatic heterocycles. The predicted molar refractivity (Wildman–Crippen MR) is 115 cm³/mol. The van der Waals surface area contributed by atoms with Crippen LogP contribution in [0.5, 0.6) is 5.88 Å². The van der Waals surface area contributed by atoms with Gasteiger partial charge in [0.2, 0.25) is 17.7 Å². The van der Waals surface area contributed by atoms with E-state index in [0.29, 0.717) is 29.6 Å². The Bertz CT molecular complexity index is 1430. The van der Waals surface area contributed by atoms with Crippen molar-refractivity contribution in [3.63, 3.8) is 0 Å². The predicted octanol–water partition coefficient (Wildman–Crippen LogP) is 2.55. The molecule has 4 aromatic heterocycles. The lowest BCUT2D eigenvalue weighted by atomic mass is 9.74. The zero-order valence-corrected chi connectivity index (χ0v) is 17.5. The van der Waals surface area contributed by atoms with Crippen LogP contribution in [-0.4, -0.2) is 59.7 Å². The molecule has 0 atom stereocenters.